The fourth-order valence-corrected chi connectivity index (χ4v) is 5.33. The molecule has 0 saturated carbocycles. The maximum absolute atomic E-state index is 13.0. The largest absolute Gasteiger partial charge is 0.431 e. The van der Waals surface area contributed by atoms with Crippen molar-refractivity contribution in [1.82, 2.24) is 9.97 Å². The molecule has 2 heterocycles. The molecule has 2 aromatic heterocycles. The van der Waals surface area contributed by atoms with Gasteiger partial charge in [0.05, 0.1) is 11.5 Å². The van der Waals surface area contributed by atoms with Crippen molar-refractivity contribution in [2.75, 3.05) is 22.1 Å². The Bertz CT molecular complexity index is 1700. The lowest BCUT2D eigenvalue weighted by atomic mass is 10.0. The highest BCUT2D eigenvalue weighted by Gasteiger charge is 2.13. The molecule has 0 aliphatic rings. The van der Waals surface area contributed by atoms with E-state index in [1.54, 1.807) is 48.5 Å². The molecule has 0 bridgehead atoms. The first-order chi connectivity index (χ1) is 20.5. The van der Waals surface area contributed by atoms with Gasteiger partial charge in [-0.1, -0.05) is 47.8 Å². The molecule has 0 saturated heterocycles. The minimum atomic E-state index is -0.216. The number of para-hydroxylation sites is 4. The second kappa shape index (κ2) is 12.3. The van der Waals surface area contributed by atoms with E-state index in [2.05, 4.69) is 20.6 Å². The van der Waals surface area contributed by atoms with Crippen LogP contribution >= 0.6 is 23.5 Å². The van der Waals surface area contributed by atoms with Crippen molar-refractivity contribution in [3.05, 3.63) is 108 Å². The number of anilines is 2. The Morgan fingerprint density at radius 1 is 0.571 bits per heavy atom. The number of hydrogen-bond acceptors (Lipinski definition) is 9. The second-order valence-electron chi connectivity index (χ2n) is 9.05. The molecule has 0 fully saturated rings. The van der Waals surface area contributed by atoms with Gasteiger partial charge in [-0.3, -0.25) is 14.4 Å². The van der Waals surface area contributed by atoms with Crippen molar-refractivity contribution in [1.29, 1.82) is 0 Å². The Kier molecular flexibility index (Phi) is 8.02. The smallest absolute Gasteiger partial charge is 0.257 e. The number of amides is 2. The number of aromatic nitrogens is 2. The van der Waals surface area contributed by atoms with Gasteiger partial charge in [0, 0.05) is 22.5 Å². The number of rotatable bonds is 10. The predicted molar refractivity (Wildman–Crippen MR) is 163 cm³/mol. The van der Waals surface area contributed by atoms with E-state index in [0.29, 0.717) is 44.1 Å². The summed E-state index contributed by atoms with van der Waals surface area (Å²) in [5.74, 6) is -0.348. The zero-order valence-electron chi connectivity index (χ0n) is 21.9. The summed E-state index contributed by atoms with van der Waals surface area (Å²) in [5.41, 5.74) is 4.92. The average molecular weight is 595 g/mol. The van der Waals surface area contributed by atoms with Gasteiger partial charge < -0.3 is 19.5 Å². The fourth-order valence-electron chi connectivity index (χ4n) is 4.05. The van der Waals surface area contributed by atoms with Gasteiger partial charge in [-0.2, -0.15) is 0 Å². The van der Waals surface area contributed by atoms with Crippen molar-refractivity contribution in [2.24, 2.45) is 0 Å². The Hall–Kier alpha value is -4.87. The van der Waals surface area contributed by atoms with Crippen LogP contribution in [0.3, 0.4) is 0 Å². The standard InChI is InChI=1S/C31H22N4O5S2/c36-27(17-41-30-34-23-5-1-3-7-25(23)39-30)32-21-13-9-19(10-14-21)29(38)20-11-15-22(16-12-20)33-28(37)18-42-31-35-24-6-2-4-8-26(24)40-31/h1-16H,17-18H2,(H,32,36)(H,33,37). The summed E-state index contributed by atoms with van der Waals surface area (Å²) >= 11 is 2.41. The molecule has 0 unspecified atom stereocenters. The SMILES string of the molecule is O=C(CSc1nc2ccccc2o1)Nc1ccc(C(=O)c2ccc(NC(=O)CSc3nc4ccccc4o3)cc2)cc1. The van der Waals surface area contributed by atoms with Crippen molar-refractivity contribution < 1.29 is 23.2 Å². The van der Waals surface area contributed by atoms with Gasteiger partial charge in [-0.15, -0.1) is 0 Å². The Balaban J connectivity index is 0.979. The number of fused-ring (bicyclic) bond motifs is 2. The van der Waals surface area contributed by atoms with Crippen molar-refractivity contribution in [3.8, 4) is 0 Å². The third kappa shape index (κ3) is 6.54. The number of oxazole rings is 2. The molecule has 0 aliphatic heterocycles. The number of hydrogen-bond donors (Lipinski definition) is 2. The van der Waals surface area contributed by atoms with Gasteiger partial charge in [0.15, 0.2) is 16.9 Å². The Labute approximate surface area is 248 Å². The molecule has 2 N–H and O–H groups in total. The van der Waals surface area contributed by atoms with Gasteiger partial charge in [0.25, 0.3) is 10.4 Å². The molecule has 4 aromatic carbocycles. The number of benzene rings is 4. The van der Waals surface area contributed by atoms with Crippen LogP contribution in [-0.2, 0) is 9.59 Å². The highest BCUT2D eigenvalue weighted by molar-refractivity contribution is 8.00. The zero-order valence-corrected chi connectivity index (χ0v) is 23.5. The quantitative estimate of drug-likeness (QED) is 0.132. The molecule has 6 rings (SSSR count). The second-order valence-corrected chi connectivity index (χ2v) is 10.9. The van der Waals surface area contributed by atoms with E-state index in [1.807, 2.05) is 48.5 Å². The van der Waals surface area contributed by atoms with Gasteiger partial charge in [0.2, 0.25) is 11.8 Å². The van der Waals surface area contributed by atoms with Crippen molar-refractivity contribution in [2.45, 2.75) is 10.4 Å². The lowest BCUT2D eigenvalue weighted by Crippen LogP contribution is -2.14. The highest BCUT2D eigenvalue weighted by atomic mass is 32.2. The first kappa shape index (κ1) is 27.3. The number of nitrogens with one attached hydrogen (secondary N) is 2. The molecule has 0 aliphatic carbocycles. The molecule has 11 heteroatoms. The molecular weight excluding hydrogens is 572 g/mol. The highest BCUT2D eigenvalue weighted by Crippen LogP contribution is 2.25. The molecule has 42 heavy (non-hydrogen) atoms. The van der Waals surface area contributed by atoms with Crippen LogP contribution in [0.2, 0.25) is 0 Å². The van der Waals surface area contributed by atoms with E-state index in [9.17, 15) is 14.4 Å². The maximum atomic E-state index is 13.0. The Morgan fingerprint density at radius 2 is 0.976 bits per heavy atom. The molecule has 0 atom stereocenters. The molecule has 6 aromatic rings. The van der Waals surface area contributed by atoms with E-state index in [4.69, 9.17) is 8.83 Å². The molecule has 208 valence electrons. The number of nitrogens with zero attached hydrogens (tertiary/aromatic N) is 2. The van der Waals surface area contributed by atoms with Crippen LogP contribution in [0, 0.1) is 0 Å². The lowest BCUT2D eigenvalue weighted by molar-refractivity contribution is -0.114. The number of ketones is 1. The summed E-state index contributed by atoms with van der Waals surface area (Å²) in [4.78, 5) is 46.4. The van der Waals surface area contributed by atoms with E-state index in [-0.39, 0.29) is 29.1 Å². The minimum Gasteiger partial charge on any atom is -0.431 e. The molecule has 0 radical (unpaired) electrons. The fraction of sp³-hybridized carbons (Fsp3) is 0.0645. The van der Waals surface area contributed by atoms with Gasteiger partial charge >= 0.3 is 0 Å². The number of carbonyl (C=O) groups excluding carboxylic acids is 3. The normalized spacial score (nSPS) is 11.0. The van der Waals surface area contributed by atoms with Crippen LogP contribution in [0.5, 0.6) is 0 Å². The lowest BCUT2D eigenvalue weighted by Gasteiger charge is -2.07. The van der Waals surface area contributed by atoms with Crippen LogP contribution in [-0.4, -0.2) is 39.1 Å². The number of thioether (sulfide) groups is 2. The maximum Gasteiger partial charge on any atom is 0.257 e. The third-order valence-corrected chi connectivity index (χ3v) is 7.72. The van der Waals surface area contributed by atoms with Gasteiger partial charge in [0.1, 0.15) is 11.0 Å². The monoisotopic (exact) mass is 594 g/mol. The Morgan fingerprint density at radius 3 is 1.38 bits per heavy atom. The molecule has 9 nitrogen and oxygen atoms in total. The van der Waals surface area contributed by atoms with Crippen molar-refractivity contribution in [3.63, 3.8) is 0 Å². The van der Waals surface area contributed by atoms with Gasteiger partial charge in [-0.05, 0) is 72.8 Å². The molecule has 2 amide bonds. The first-order valence-corrected chi connectivity index (χ1v) is 14.8. The van der Waals surface area contributed by atoms with Crippen molar-refractivity contribution >= 4 is 74.7 Å². The summed E-state index contributed by atoms with van der Waals surface area (Å²) in [6.07, 6.45) is 0. The summed E-state index contributed by atoms with van der Waals surface area (Å²) < 4.78 is 11.2. The van der Waals surface area contributed by atoms with E-state index < -0.39 is 0 Å². The van der Waals surface area contributed by atoms with E-state index >= 15 is 0 Å². The predicted octanol–water partition coefficient (Wildman–Crippen LogP) is 6.66. The van der Waals surface area contributed by atoms with Crippen LogP contribution in [0.25, 0.3) is 22.2 Å². The average Bonchev–Trinajstić information content (AvgIpc) is 3.63. The topological polar surface area (TPSA) is 127 Å². The number of carbonyl (C=O) groups is 3. The minimum absolute atomic E-state index is 0.131. The van der Waals surface area contributed by atoms with E-state index in [0.717, 1.165) is 11.0 Å². The van der Waals surface area contributed by atoms with Crippen LogP contribution < -0.4 is 10.6 Å². The molecule has 0 spiro atoms. The van der Waals surface area contributed by atoms with Crippen LogP contribution in [0.15, 0.2) is 116 Å². The van der Waals surface area contributed by atoms with Crippen LogP contribution in [0.4, 0.5) is 11.4 Å². The third-order valence-electron chi connectivity index (χ3n) is 6.06. The zero-order chi connectivity index (χ0) is 28.9. The van der Waals surface area contributed by atoms with E-state index in [1.165, 1.54) is 23.5 Å². The summed E-state index contributed by atoms with van der Waals surface area (Å²) in [6.45, 7) is 0. The summed E-state index contributed by atoms with van der Waals surface area (Å²) in [7, 11) is 0. The molecular formula is C31H22N4O5S2. The summed E-state index contributed by atoms with van der Waals surface area (Å²) in [6, 6.07) is 28.2. The summed E-state index contributed by atoms with van der Waals surface area (Å²) in [5, 5.41) is 6.48. The first-order valence-electron chi connectivity index (χ1n) is 12.8. The van der Waals surface area contributed by atoms with Crippen LogP contribution in [0.1, 0.15) is 15.9 Å². The van der Waals surface area contributed by atoms with Gasteiger partial charge in [-0.25, -0.2) is 9.97 Å².